The van der Waals surface area contributed by atoms with Gasteiger partial charge < -0.3 is 9.14 Å². The van der Waals surface area contributed by atoms with Gasteiger partial charge in [-0.25, -0.2) is 9.78 Å². The van der Waals surface area contributed by atoms with Gasteiger partial charge in [0.1, 0.15) is 5.65 Å². The molecule has 1 aliphatic heterocycles. The van der Waals surface area contributed by atoms with Crippen molar-refractivity contribution < 1.29 is 9.53 Å². The summed E-state index contributed by atoms with van der Waals surface area (Å²) in [6.07, 6.45) is 6.22. The van der Waals surface area contributed by atoms with E-state index in [9.17, 15) is 4.79 Å². The second kappa shape index (κ2) is 5.25. The highest BCUT2D eigenvalue weighted by atomic mass is 32.2. The summed E-state index contributed by atoms with van der Waals surface area (Å²) in [7, 11) is 1.39. The zero-order chi connectivity index (χ0) is 13.2. The molecule has 1 saturated heterocycles. The molecule has 0 amide bonds. The fourth-order valence-electron chi connectivity index (χ4n) is 2.44. The second-order valence-corrected chi connectivity index (χ2v) is 5.95. The summed E-state index contributed by atoms with van der Waals surface area (Å²) in [4.78, 5) is 16.2. The summed E-state index contributed by atoms with van der Waals surface area (Å²) in [5.74, 6) is 2.67. The summed E-state index contributed by atoms with van der Waals surface area (Å²) in [6.45, 7) is 0. The molecular weight excluding hydrogens is 260 g/mol. The molecule has 100 valence electrons. The van der Waals surface area contributed by atoms with Gasteiger partial charge in [-0.1, -0.05) is 0 Å². The quantitative estimate of drug-likeness (QED) is 0.791. The van der Waals surface area contributed by atoms with Crippen molar-refractivity contribution in [3.8, 4) is 0 Å². The number of rotatable bonds is 2. The number of thioether (sulfide) groups is 1. The van der Waals surface area contributed by atoms with Crippen molar-refractivity contribution in [3.63, 3.8) is 0 Å². The Bertz CT molecular complexity index is 603. The van der Waals surface area contributed by atoms with Gasteiger partial charge in [0, 0.05) is 18.3 Å². The Hall–Kier alpha value is -1.49. The summed E-state index contributed by atoms with van der Waals surface area (Å²) in [5, 5.41) is 0. The zero-order valence-corrected chi connectivity index (χ0v) is 11.7. The summed E-state index contributed by atoms with van der Waals surface area (Å²) >= 11 is 2.01. The van der Waals surface area contributed by atoms with Gasteiger partial charge in [0.25, 0.3) is 0 Å². The van der Waals surface area contributed by atoms with E-state index < -0.39 is 0 Å². The van der Waals surface area contributed by atoms with E-state index >= 15 is 0 Å². The monoisotopic (exact) mass is 276 g/mol. The third kappa shape index (κ3) is 2.47. The van der Waals surface area contributed by atoms with Crippen LogP contribution in [0.3, 0.4) is 0 Å². The smallest absolute Gasteiger partial charge is 0.339 e. The Kier molecular flexibility index (Phi) is 3.46. The highest BCUT2D eigenvalue weighted by molar-refractivity contribution is 7.99. The molecule has 2 aromatic heterocycles. The van der Waals surface area contributed by atoms with E-state index in [0.717, 1.165) is 11.3 Å². The van der Waals surface area contributed by atoms with Gasteiger partial charge in [-0.15, -0.1) is 0 Å². The number of ether oxygens (including phenoxy) is 1. The van der Waals surface area contributed by atoms with Crippen LogP contribution in [0, 0.1) is 0 Å². The fourth-order valence-corrected chi connectivity index (χ4v) is 3.55. The van der Waals surface area contributed by atoms with Crippen LogP contribution in [0.2, 0.25) is 0 Å². The number of hydrogen-bond acceptors (Lipinski definition) is 4. The van der Waals surface area contributed by atoms with Crippen molar-refractivity contribution in [2.75, 3.05) is 18.6 Å². The lowest BCUT2D eigenvalue weighted by Crippen LogP contribution is -2.07. The second-order valence-electron chi connectivity index (χ2n) is 4.73. The molecule has 19 heavy (non-hydrogen) atoms. The van der Waals surface area contributed by atoms with Crippen LogP contribution in [0.5, 0.6) is 0 Å². The van der Waals surface area contributed by atoms with Crippen LogP contribution in [-0.2, 0) is 4.74 Å². The van der Waals surface area contributed by atoms with Crippen LogP contribution in [-0.4, -0.2) is 34.0 Å². The van der Waals surface area contributed by atoms with Crippen molar-refractivity contribution in [1.82, 2.24) is 9.38 Å². The maximum atomic E-state index is 11.5. The Morgan fingerprint density at radius 1 is 1.37 bits per heavy atom. The molecule has 2 aromatic rings. The van der Waals surface area contributed by atoms with Crippen LogP contribution >= 0.6 is 11.8 Å². The first-order chi connectivity index (χ1) is 9.28. The Labute approximate surface area is 116 Å². The van der Waals surface area contributed by atoms with Crippen molar-refractivity contribution >= 4 is 23.4 Å². The number of nitrogens with zero attached hydrogens (tertiary/aromatic N) is 2. The first-order valence-electron chi connectivity index (χ1n) is 6.42. The average Bonchev–Trinajstić information content (AvgIpc) is 2.90. The largest absolute Gasteiger partial charge is 0.465 e. The van der Waals surface area contributed by atoms with Gasteiger partial charge in [0.15, 0.2) is 0 Å². The molecule has 0 aromatic carbocycles. The van der Waals surface area contributed by atoms with Crippen LogP contribution in [0.25, 0.3) is 5.65 Å². The predicted molar refractivity (Wildman–Crippen MR) is 75.8 cm³/mol. The molecule has 0 radical (unpaired) electrons. The number of carbonyl (C=O) groups excluding carboxylic acids is 1. The third-order valence-electron chi connectivity index (χ3n) is 3.53. The van der Waals surface area contributed by atoms with Gasteiger partial charge in [-0.3, -0.25) is 0 Å². The molecule has 3 rings (SSSR count). The van der Waals surface area contributed by atoms with Gasteiger partial charge in [0.2, 0.25) is 0 Å². The lowest BCUT2D eigenvalue weighted by Gasteiger charge is -2.18. The number of hydrogen-bond donors (Lipinski definition) is 0. The predicted octanol–water partition coefficient (Wildman–Crippen LogP) is 2.73. The number of aromatic nitrogens is 2. The number of esters is 1. The molecule has 0 saturated carbocycles. The summed E-state index contributed by atoms with van der Waals surface area (Å²) in [6, 6.07) is 3.63. The number of imidazole rings is 1. The van der Waals surface area contributed by atoms with E-state index in [4.69, 9.17) is 4.74 Å². The third-order valence-corrected chi connectivity index (χ3v) is 4.58. The first-order valence-corrected chi connectivity index (χ1v) is 7.58. The van der Waals surface area contributed by atoms with Gasteiger partial charge >= 0.3 is 5.97 Å². The number of pyridine rings is 1. The van der Waals surface area contributed by atoms with Crippen LogP contribution in [0.4, 0.5) is 0 Å². The molecule has 1 aliphatic rings. The van der Waals surface area contributed by atoms with E-state index in [1.807, 2.05) is 28.4 Å². The molecule has 1 fully saturated rings. The lowest BCUT2D eigenvalue weighted by molar-refractivity contribution is 0.0600. The molecule has 0 unspecified atom stereocenters. The molecule has 0 spiro atoms. The van der Waals surface area contributed by atoms with Gasteiger partial charge in [-0.2, -0.15) is 11.8 Å². The number of fused-ring (bicyclic) bond motifs is 1. The Morgan fingerprint density at radius 2 is 2.16 bits per heavy atom. The minimum Gasteiger partial charge on any atom is -0.465 e. The van der Waals surface area contributed by atoms with Crippen molar-refractivity contribution in [2.45, 2.75) is 18.8 Å². The lowest BCUT2D eigenvalue weighted by atomic mass is 10.00. The maximum absolute atomic E-state index is 11.5. The van der Waals surface area contributed by atoms with Gasteiger partial charge in [-0.05, 0) is 36.5 Å². The molecule has 5 heteroatoms. The van der Waals surface area contributed by atoms with E-state index in [0.29, 0.717) is 11.5 Å². The van der Waals surface area contributed by atoms with Crippen molar-refractivity contribution in [1.29, 1.82) is 0 Å². The molecule has 3 heterocycles. The van der Waals surface area contributed by atoms with Crippen LogP contribution < -0.4 is 0 Å². The highest BCUT2D eigenvalue weighted by Crippen LogP contribution is 2.31. The fraction of sp³-hybridized carbons (Fsp3) is 0.429. The molecule has 0 N–H and O–H groups in total. The topological polar surface area (TPSA) is 43.6 Å². The van der Waals surface area contributed by atoms with E-state index in [2.05, 4.69) is 4.98 Å². The molecular formula is C14H16N2O2S. The minimum atomic E-state index is -0.314. The zero-order valence-electron chi connectivity index (χ0n) is 10.8. The normalized spacial score (nSPS) is 16.7. The number of methoxy groups -OCH3 is 1. The van der Waals surface area contributed by atoms with Crippen LogP contribution in [0.15, 0.2) is 24.5 Å². The Morgan fingerprint density at radius 3 is 2.89 bits per heavy atom. The average molecular weight is 276 g/mol. The maximum Gasteiger partial charge on any atom is 0.339 e. The summed E-state index contributed by atoms with van der Waals surface area (Å²) < 4.78 is 6.65. The van der Waals surface area contributed by atoms with Crippen LogP contribution in [0.1, 0.15) is 34.8 Å². The highest BCUT2D eigenvalue weighted by Gasteiger charge is 2.19. The van der Waals surface area contributed by atoms with E-state index in [1.165, 1.54) is 31.5 Å². The SMILES string of the molecule is COC(=O)c1ccc2nc(C3CCSCC3)cn2c1. The molecule has 0 aliphatic carbocycles. The van der Waals surface area contributed by atoms with E-state index in [-0.39, 0.29) is 5.97 Å². The standard InChI is InChI=1S/C14H16N2O2S/c1-18-14(17)11-2-3-13-15-12(9-16(13)8-11)10-4-6-19-7-5-10/h2-3,8-10H,4-7H2,1H3. The van der Waals surface area contributed by atoms with Crippen molar-refractivity contribution in [3.05, 3.63) is 35.8 Å². The molecule has 4 nitrogen and oxygen atoms in total. The first kappa shape index (κ1) is 12.5. The summed E-state index contributed by atoms with van der Waals surface area (Å²) in [5.41, 5.74) is 2.58. The molecule has 0 bridgehead atoms. The Balaban J connectivity index is 1.93. The minimum absolute atomic E-state index is 0.314. The van der Waals surface area contributed by atoms with Crippen molar-refractivity contribution in [2.24, 2.45) is 0 Å². The van der Waals surface area contributed by atoms with E-state index in [1.54, 1.807) is 12.3 Å². The number of carbonyl (C=O) groups is 1. The van der Waals surface area contributed by atoms with Gasteiger partial charge in [0.05, 0.1) is 18.4 Å². The molecule has 0 atom stereocenters.